The van der Waals surface area contributed by atoms with Gasteiger partial charge in [0.05, 0.1) is 5.69 Å². The van der Waals surface area contributed by atoms with Crippen molar-refractivity contribution in [3.8, 4) is 0 Å². The highest BCUT2D eigenvalue weighted by molar-refractivity contribution is 6.09. The molecule has 112 valence electrons. The number of nitrogens with zero attached hydrogens (tertiary/aromatic N) is 1. The fraction of sp³-hybridized carbons (Fsp3) is 0.308. The summed E-state index contributed by atoms with van der Waals surface area (Å²) < 4.78 is 26.4. The standard InChI is InChI=1S/C13H13F2N3O3/c1-13(2)11(20)18(12(21)17-13)6-10(19)16-9-5-7(14)3-4-8(9)15/h3-5H,6H2,1-2H3,(H,16,19)(H,17,21). The van der Waals surface area contributed by atoms with Gasteiger partial charge in [0.1, 0.15) is 23.7 Å². The van der Waals surface area contributed by atoms with Gasteiger partial charge in [-0.2, -0.15) is 0 Å². The van der Waals surface area contributed by atoms with E-state index >= 15 is 0 Å². The summed E-state index contributed by atoms with van der Waals surface area (Å²) in [7, 11) is 0. The van der Waals surface area contributed by atoms with Gasteiger partial charge in [-0.1, -0.05) is 0 Å². The maximum absolute atomic E-state index is 13.4. The molecular formula is C13H13F2N3O3. The molecule has 0 aliphatic carbocycles. The molecule has 0 radical (unpaired) electrons. The molecule has 21 heavy (non-hydrogen) atoms. The normalized spacial score (nSPS) is 16.9. The molecule has 1 aromatic carbocycles. The van der Waals surface area contributed by atoms with Gasteiger partial charge in [-0.25, -0.2) is 13.6 Å². The minimum atomic E-state index is -1.10. The zero-order valence-corrected chi connectivity index (χ0v) is 11.4. The molecule has 0 spiro atoms. The van der Waals surface area contributed by atoms with Crippen LogP contribution >= 0.6 is 0 Å². The van der Waals surface area contributed by atoms with E-state index in [4.69, 9.17) is 0 Å². The third-order valence-corrected chi connectivity index (χ3v) is 2.95. The lowest BCUT2D eigenvalue weighted by molar-refractivity contribution is -0.132. The number of urea groups is 1. The van der Waals surface area contributed by atoms with Gasteiger partial charge in [-0.05, 0) is 26.0 Å². The van der Waals surface area contributed by atoms with Crippen molar-refractivity contribution in [3.63, 3.8) is 0 Å². The second kappa shape index (κ2) is 5.12. The first kappa shape index (κ1) is 14.9. The van der Waals surface area contributed by atoms with Gasteiger partial charge >= 0.3 is 6.03 Å². The number of benzene rings is 1. The Bertz CT molecular complexity index is 631. The van der Waals surface area contributed by atoms with Crippen LogP contribution in [0.3, 0.4) is 0 Å². The molecule has 0 aromatic heterocycles. The number of amides is 4. The van der Waals surface area contributed by atoms with E-state index in [0.29, 0.717) is 4.90 Å². The lowest BCUT2D eigenvalue weighted by Gasteiger charge is -2.15. The Hall–Kier alpha value is -2.51. The van der Waals surface area contributed by atoms with Crippen LogP contribution in [0.4, 0.5) is 19.3 Å². The fourth-order valence-corrected chi connectivity index (χ4v) is 1.89. The van der Waals surface area contributed by atoms with Gasteiger partial charge in [0.25, 0.3) is 5.91 Å². The highest BCUT2D eigenvalue weighted by Crippen LogP contribution is 2.18. The Morgan fingerprint density at radius 1 is 1.33 bits per heavy atom. The number of carbonyl (C=O) groups is 3. The highest BCUT2D eigenvalue weighted by Gasteiger charge is 2.44. The smallest absolute Gasteiger partial charge is 0.324 e. The quantitative estimate of drug-likeness (QED) is 0.824. The van der Waals surface area contributed by atoms with E-state index in [0.717, 1.165) is 18.2 Å². The summed E-state index contributed by atoms with van der Waals surface area (Å²) in [6.45, 7) is 2.42. The minimum absolute atomic E-state index is 0.355. The highest BCUT2D eigenvalue weighted by atomic mass is 19.1. The largest absolute Gasteiger partial charge is 0.325 e. The Morgan fingerprint density at radius 2 is 2.00 bits per heavy atom. The first-order chi connectivity index (χ1) is 9.70. The lowest BCUT2D eigenvalue weighted by atomic mass is 10.1. The fourth-order valence-electron chi connectivity index (χ4n) is 1.89. The number of hydrogen-bond donors (Lipinski definition) is 2. The lowest BCUT2D eigenvalue weighted by Crippen LogP contribution is -2.41. The second-order valence-corrected chi connectivity index (χ2v) is 5.12. The monoisotopic (exact) mass is 297 g/mol. The van der Waals surface area contributed by atoms with Crippen LogP contribution in [-0.2, 0) is 9.59 Å². The topological polar surface area (TPSA) is 78.5 Å². The third-order valence-electron chi connectivity index (χ3n) is 2.95. The van der Waals surface area contributed by atoms with Crippen molar-refractivity contribution >= 4 is 23.5 Å². The third kappa shape index (κ3) is 2.99. The van der Waals surface area contributed by atoms with Gasteiger partial charge in [0, 0.05) is 6.07 Å². The summed E-state index contributed by atoms with van der Waals surface area (Å²) in [6, 6.07) is 1.87. The van der Waals surface area contributed by atoms with Crippen LogP contribution in [0, 0.1) is 11.6 Å². The molecule has 0 unspecified atom stereocenters. The van der Waals surface area contributed by atoms with Crippen molar-refractivity contribution in [1.29, 1.82) is 0 Å². The molecule has 2 rings (SSSR count). The predicted octanol–water partition coefficient (Wildman–Crippen LogP) is 1.23. The molecule has 4 amide bonds. The molecule has 1 aliphatic rings. The van der Waals surface area contributed by atoms with Crippen LogP contribution in [0.2, 0.25) is 0 Å². The van der Waals surface area contributed by atoms with E-state index in [1.807, 2.05) is 0 Å². The summed E-state index contributed by atoms with van der Waals surface area (Å²) in [4.78, 5) is 35.9. The summed E-state index contributed by atoms with van der Waals surface area (Å²) in [5.74, 6) is -2.91. The Morgan fingerprint density at radius 3 is 2.57 bits per heavy atom. The Balaban J connectivity index is 2.07. The summed E-state index contributed by atoms with van der Waals surface area (Å²) in [5.41, 5.74) is -1.45. The first-order valence-corrected chi connectivity index (χ1v) is 6.10. The zero-order valence-electron chi connectivity index (χ0n) is 11.4. The Labute approximate surface area is 119 Å². The molecule has 0 bridgehead atoms. The average molecular weight is 297 g/mol. The molecule has 1 fully saturated rings. The molecular weight excluding hydrogens is 284 g/mol. The summed E-state index contributed by atoms with van der Waals surface area (Å²) in [6.07, 6.45) is 0. The van der Waals surface area contributed by atoms with Gasteiger partial charge in [0.2, 0.25) is 5.91 Å². The van der Waals surface area contributed by atoms with E-state index in [1.54, 1.807) is 0 Å². The van der Waals surface area contributed by atoms with Gasteiger partial charge in [-0.3, -0.25) is 14.5 Å². The van der Waals surface area contributed by atoms with Crippen LogP contribution in [0.15, 0.2) is 18.2 Å². The van der Waals surface area contributed by atoms with Crippen molar-refractivity contribution in [3.05, 3.63) is 29.8 Å². The van der Waals surface area contributed by atoms with Gasteiger partial charge in [-0.15, -0.1) is 0 Å². The number of hydrogen-bond acceptors (Lipinski definition) is 3. The van der Waals surface area contributed by atoms with Crippen LogP contribution in [0.1, 0.15) is 13.8 Å². The minimum Gasteiger partial charge on any atom is -0.324 e. The molecule has 1 saturated heterocycles. The van der Waals surface area contributed by atoms with Gasteiger partial charge < -0.3 is 10.6 Å². The van der Waals surface area contributed by atoms with E-state index in [9.17, 15) is 23.2 Å². The van der Waals surface area contributed by atoms with Crippen LogP contribution in [-0.4, -0.2) is 34.8 Å². The number of rotatable bonds is 3. The number of anilines is 1. The molecule has 0 atom stereocenters. The van der Waals surface area contributed by atoms with Gasteiger partial charge in [0.15, 0.2) is 0 Å². The van der Waals surface area contributed by atoms with Crippen LogP contribution < -0.4 is 10.6 Å². The second-order valence-electron chi connectivity index (χ2n) is 5.12. The van der Waals surface area contributed by atoms with Crippen molar-refractivity contribution in [2.75, 3.05) is 11.9 Å². The number of imide groups is 1. The van der Waals surface area contributed by atoms with Crippen molar-refractivity contribution in [1.82, 2.24) is 10.2 Å². The Kier molecular flexibility index (Phi) is 3.63. The van der Waals surface area contributed by atoms with E-state index in [-0.39, 0.29) is 5.69 Å². The molecule has 1 heterocycles. The molecule has 0 saturated carbocycles. The van der Waals surface area contributed by atoms with Crippen molar-refractivity contribution in [2.45, 2.75) is 19.4 Å². The van der Waals surface area contributed by atoms with E-state index in [2.05, 4.69) is 10.6 Å². The molecule has 6 nitrogen and oxygen atoms in total. The maximum atomic E-state index is 13.4. The molecule has 1 aliphatic heterocycles. The number of halogens is 2. The predicted molar refractivity (Wildman–Crippen MR) is 69.3 cm³/mol. The molecule has 1 aromatic rings. The average Bonchev–Trinajstić information content (AvgIpc) is 2.56. The summed E-state index contributed by atoms with van der Waals surface area (Å²) in [5, 5.41) is 4.52. The first-order valence-electron chi connectivity index (χ1n) is 6.10. The zero-order chi connectivity index (χ0) is 15.8. The van der Waals surface area contributed by atoms with E-state index < -0.39 is 41.6 Å². The molecule has 2 N–H and O–H groups in total. The van der Waals surface area contributed by atoms with Crippen molar-refractivity contribution < 1.29 is 23.2 Å². The maximum Gasteiger partial charge on any atom is 0.325 e. The van der Waals surface area contributed by atoms with Crippen LogP contribution in [0.25, 0.3) is 0 Å². The number of nitrogens with one attached hydrogen (secondary N) is 2. The van der Waals surface area contributed by atoms with Crippen molar-refractivity contribution in [2.24, 2.45) is 0 Å². The summed E-state index contributed by atoms with van der Waals surface area (Å²) >= 11 is 0. The molecule has 8 heteroatoms. The van der Waals surface area contributed by atoms with E-state index in [1.165, 1.54) is 13.8 Å². The van der Waals surface area contributed by atoms with Crippen LogP contribution in [0.5, 0.6) is 0 Å². The SMILES string of the molecule is CC1(C)NC(=O)N(CC(=O)Nc2cc(F)ccc2F)C1=O. The number of carbonyl (C=O) groups excluding carboxylic acids is 3.